The largest absolute Gasteiger partial charge is 0.351 e. The zero-order valence-corrected chi connectivity index (χ0v) is 8.00. The quantitative estimate of drug-likeness (QED) is 0.697. The topological polar surface area (TPSA) is 68.0 Å². The molecule has 1 aromatic rings. The number of nitrogens with one attached hydrogen (secondary N) is 1. The van der Waals surface area contributed by atoms with Crippen LogP contribution >= 0.6 is 0 Å². The molecule has 0 saturated carbocycles. The maximum atomic E-state index is 9.98. The van der Waals surface area contributed by atoms with Crippen LogP contribution in [-0.2, 0) is 16.8 Å². The molecule has 0 fully saturated rings. The number of hydrogen-bond donors (Lipinski definition) is 1. The van der Waals surface area contributed by atoms with Gasteiger partial charge in [0.25, 0.3) is 0 Å². The minimum Gasteiger partial charge on any atom is -0.351 e. The molecule has 72 valence electrons. The zero-order valence-electron chi connectivity index (χ0n) is 8.00. The smallest absolute Gasteiger partial charge is 0.232 e. The van der Waals surface area contributed by atoms with Crippen LogP contribution in [0, 0.1) is 0 Å². The Morgan fingerprint density at radius 3 is 2.69 bits per heavy atom. The van der Waals surface area contributed by atoms with Crippen LogP contribution in [0.1, 0.15) is 32.5 Å². The maximum absolute atomic E-state index is 9.98. The molecule has 1 rings (SSSR count). The number of hydrogen-bond acceptors (Lipinski definition) is 4. The third-order valence-electron chi connectivity index (χ3n) is 1.45. The van der Waals surface area contributed by atoms with Gasteiger partial charge in [0.15, 0.2) is 5.82 Å². The molecule has 1 aromatic heterocycles. The Morgan fingerprint density at radius 2 is 2.23 bits per heavy atom. The number of carbonyl (C=O) groups excluding carboxylic acids is 1. The molecule has 5 heteroatoms. The Balaban J connectivity index is 2.69. The Hall–Kier alpha value is -1.39. The van der Waals surface area contributed by atoms with Crippen molar-refractivity contribution in [1.29, 1.82) is 0 Å². The van der Waals surface area contributed by atoms with Crippen LogP contribution in [0.3, 0.4) is 0 Å². The van der Waals surface area contributed by atoms with Gasteiger partial charge in [-0.05, 0) is 0 Å². The molecule has 13 heavy (non-hydrogen) atoms. The van der Waals surface area contributed by atoms with Crippen molar-refractivity contribution in [2.45, 2.75) is 32.7 Å². The van der Waals surface area contributed by atoms with E-state index in [-0.39, 0.29) is 5.41 Å². The van der Waals surface area contributed by atoms with Gasteiger partial charge in [0, 0.05) is 5.41 Å². The molecule has 1 heterocycles. The molecule has 0 aliphatic carbocycles. The molecular formula is C8H13N3O2. The fourth-order valence-corrected chi connectivity index (χ4v) is 0.763. The van der Waals surface area contributed by atoms with E-state index in [4.69, 9.17) is 4.52 Å². The van der Waals surface area contributed by atoms with Gasteiger partial charge in [0.2, 0.25) is 12.3 Å². The van der Waals surface area contributed by atoms with E-state index >= 15 is 0 Å². The third kappa shape index (κ3) is 2.54. The number of aromatic nitrogens is 2. The fraction of sp³-hybridized carbons (Fsp3) is 0.625. The minimum atomic E-state index is -0.146. The van der Waals surface area contributed by atoms with E-state index in [0.717, 1.165) is 0 Å². The van der Waals surface area contributed by atoms with Crippen LogP contribution in [0.5, 0.6) is 0 Å². The predicted octanol–water partition coefficient (Wildman–Crippen LogP) is 0.613. The summed E-state index contributed by atoms with van der Waals surface area (Å²) in [7, 11) is 0. The van der Waals surface area contributed by atoms with Crippen LogP contribution in [0.15, 0.2) is 4.52 Å². The van der Waals surface area contributed by atoms with Gasteiger partial charge in [-0.2, -0.15) is 4.98 Å². The summed E-state index contributed by atoms with van der Waals surface area (Å²) in [6.07, 6.45) is 0.604. The van der Waals surface area contributed by atoms with Crippen molar-refractivity contribution >= 4 is 6.41 Å². The van der Waals surface area contributed by atoms with Crippen LogP contribution in [0.25, 0.3) is 0 Å². The molecule has 0 bridgehead atoms. The Kier molecular flexibility index (Phi) is 2.65. The lowest BCUT2D eigenvalue weighted by atomic mass is 9.97. The highest BCUT2D eigenvalue weighted by molar-refractivity contribution is 5.45. The molecule has 0 unspecified atom stereocenters. The highest BCUT2D eigenvalue weighted by atomic mass is 16.5. The van der Waals surface area contributed by atoms with E-state index in [1.54, 1.807) is 0 Å². The van der Waals surface area contributed by atoms with Gasteiger partial charge in [-0.3, -0.25) is 4.79 Å². The van der Waals surface area contributed by atoms with Crippen molar-refractivity contribution in [3.8, 4) is 0 Å². The first-order valence-electron chi connectivity index (χ1n) is 4.04. The van der Waals surface area contributed by atoms with Crippen LogP contribution in [-0.4, -0.2) is 16.6 Å². The molecule has 0 aliphatic heterocycles. The lowest BCUT2D eigenvalue weighted by Gasteiger charge is -2.10. The van der Waals surface area contributed by atoms with E-state index in [2.05, 4.69) is 15.5 Å². The summed E-state index contributed by atoms with van der Waals surface area (Å²) in [5.41, 5.74) is -0.146. The SMILES string of the molecule is CC(C)(C)c1nc(CNC=O)no1. The van der Waals surface area contributed by atoms with Crippen molar-refractivity contribution in [3.63, 3.8) is 0 Å². The Morgan fingerprint density at radius 1 is 1.54 bits per heavy atom. The zero-order chi connectivity index (χ0) is 9.90. The van der Waals surface area contributed by atoms with E-state index in [0.29, 0.717) is 24.7 Å². The average Bonchev–Trinajstić information content (AvgIpc) is 2.47. The number of rotatable bonds is 3. The lowest BCUT2D eigenvalue weighted by Crippen LogP contribution is -2.13. The average molecular weight is 183 g/mol. The predicted molar refractivity (Wildman–Crippen MR) is 45.9 cm³/mol. The van der Waals surface area contributed by atoms with Crippen molar-refractivity contribution in [1.82, 2.24) is 15.5 Å². The summed E-state index contributed by atoms with van der Waals surface area (Å²) in [4.78, 5) is 14.1. The van der Waals surface area contributed by atoms with Gasteiger partial charge in [0.05, 0.1) is 6.54 Å². The fourth-order valence-electron chi connectivity index (χ4n) is 0.763. The molecule has 0 spiro atoms. The van der Waals surface area contributed by atoms with Crippen molar-refractivity contribution in [3.05, 3.63) is 11.7 Å². The van der Waals surface area contributed by atoms with Gasteiger partial charge < -0.3 is 9.84 Å². The molecule has 1 amide bonds. The van der Waals surface area contributed by atoms with Gasteiger partial charge in [0.1, 0.15) is 0 Å². The maximum Gasteiger partial charge on any atom is 0.232 e. The standard InChI is InChI=1S/C8H13N3O2/c1-8(2,3)7-10-6(11-13-7)4-9-5-12/h5H,4H2,1-3H3,(H,9,12). The second kappa shape index (κ2) is 3.55. The Bertz CT molecular complexity index is 288. The van der Waals surface area contributed by atoms with Gasteiger partial charge >= 0.3 is 0 Å². The van der Waals surface area contributed by atoms with Crippen molar-refractivity contribution < 1.29 is 9.32 Å². The van der Waals surface area contributed by atoms with E-state index < -0.39 is 0 Å². The van der Waals surface area contributed by atoms with E-state index in [1.807, 2.05) is 20.8 Å². The molecule has 5 nitrogen and oxygen atoms in total. The van der Waals surface area contributed by atoms with Gasteiger partial charge in [-0.15, -0.1) is 0 Å². The first-order valence-corrected chi connectivity index (χ1v) is 4.04. The van der Waals surface area contributed by atoms with Crippen LogP contribution in [0.4, 0.5) is 0 Å². The van der Waals surface area contributed by atoms with E-state index in [9.17, 15) is 4.79 Å². The normalized spacial score (nSPS) is 11.3. The molecule has 0 atom stereocenters. The molecule has 0 aromatic carbocycles. The first-order chi connectivity index (χ1) is 6.04. The molecule has 0 saturated heterocycles. The van der Waals surface area contributed by atoms with Crippen molar-refractivity contribution in [2.75, 3.05) is 0 Å². The van der Waals surface area contributed by atoms with Crippen LogP contribution < -0.4 is 5.32 Å². The first kappa shape index (κ1) is 9.70. The van der Waals surface area contributed by atoms with E-state index in [1.165, 1.54) is 0 Å². The molecule has 0 radical (unpaired) electrons. The molecule has 0 aliphatic rings. The number of carbonyl (C=O) groups is 1. The summed E-state index contributed by atoms with van der Waals surface area (Å²) in [5.74, 6) is 1.08. The van der Waals surface area contributed by atoms with Crippen molar-refractivity contribution in [2.24, 2.45) is 0 Å². The monoisotopic (exact) mass is 183 g/mol. The number of nitrogens with zero attached hydrogens (tertiary/aromatic N) is 2. The minimum absolute atomic E-state index is 0.146. The summed E-state index contributed by atoms with van der Waals surface area (Å²) >= 11 is 0. The third-order valence-corrected chi connectivity index (χ3v) is 1.45. The molecule has 1 N–H and O–H groups in total. The Labute approximate surface area is 76.5 Å². The summed E-state index contributed by atoms with van der Waals surface area (Å²) in [6.45, 7) is 6.26. The second-order valence-corrected chi connectivity index (χ2v) is 3.76. The summed E-state index contributed by atoms with van der Waals surface area (Å²) < 4.78 is 5.01. The van der Waals surface area contributed by atoms with Gasteiger partial charge in [-0.1, -0.05) is 25.9 Å². The number of amides is 1. The summed E-state index contributed by atoms with van der Waals surface area (Å²) in [6, 6.07) is 0. The summed E-state index contributed by atoms with van der Waals surface area (Å²) in [5, 5.41) is 6.18. The lowest BCUT2D eigenvalue weighted by molar-refractivity contribution is -0.109. The van der Waals surface area contributed by atoms with Crippen LogP contribution in [0.2, 0.25) is 0 Å². The van der Waals surface area contributed by atoms with Gasteiger partial charge in [-0.25, -0.2) is 0 Å². The second-order valence-electron chi connectivity index (χ2n) is 3.76. The molecular weight excluding hydrogens is 170 g/mol. The highest BCUT2D eigenvalue weighted by Gasteiger charge is 2.21. The highest BCUT2D eigenvalue weighted by Crippen LogP contribution is 2.19.